The van der Waals surface area contributed by atoms with Crippen LogP contribution in [0.5, 0.6) is 34.5 Å². The Hall–Kier alpha value is -3.87. The van der Waals surface area contributed by atoms with Gasteiger partial charge in [-0.2, -0.15) is 0 Å². The van der Waals surface area contributed by atoms with Gasteiger partial charge in [0.25, 0.3) is 5.91 Å². The van der Waals surface area contributed by atoms with Crippen LogP contribution in [0.25, 0.3) is 0 Å². The molecule has 0 aromatic heterocycles. The van der Waals surface area contributed by atoms with Gasteiger partial charge in [0.2, 0.25) is 6.79 Å². The van der Waals surface area contributed by atoms with E-state index in [0.29, 0.717) is 45.7 Å². The normalized spacial score (nSPS) is 11.7. The van der Waals surface area contributed by atoms with E-state index in [1.165, 1.54) is 14.2 Å². The molecule has 148 valence electrons. The summed E-state index contributed by atoms with van der Waals surface area (Å²) in [6.45, 7) is 0.215. The van der Waals surface area contributed by atoms with Crippen molar-refractivity contribution in [2.45, 2.75) is 0 Å². The van der Waals surface area contributed by atoms with Crippen molar-refractivity contribution in [2.24, 2.45) is 0 Å². The number of nitrogens with one attached hydrogen (secondary N) is 1. The minimum Gasteiger partial charge on any atom is -0.497 e. The molecule has 1 amide bonds. The zero-order valence-corrected chi connectivity index (χ0v) is 15.9. The van der Waals surface area contributed by atoms with Crippen LogP contribution < -0.4 is 29.0 Å². The molecule has 7 nitrogen and oxygen atoms in total. The molecule has 0 aliphatic carbocycles. The van der Waals surface area contributed by atoms with Gasteiger partial charge in [-0.1, -0.05) is 0 Å². The molecule has 4 rings (SSSR count). The maximum atomic E-state index is 12.6. The first-order chi connectivity index (χ1) is 14.1. The quantitative estimate of drug-likeness (QED) is 0.666. The van der Waals surface area contributed by atoms with E-state index in [1.54, 1.807) is 60.7 Å². The number of ether oxygens (including phenoxy) is 5. The third kappa shape index (κ3) is 4.19. The summed E-state index contributed by atoms with van der Waals surface area (Å²) in [5.74, 6) is 3.43. The van der Waals surface area contributed by atoms with E-state index in [0.717, 1.165) is 0 Å². The Morgan fingerprint density at radius 3 is 2.14 bits per heavy atom. The molecule has 0 fully saturated rings. The molecule has 3 aromatic rings. The van der Waals surface area contributed by atoms with Gasteiger partial charge >= 0.3 is 0 Å². The minimum atomic E-state index is -0.272. The molecule has 0 bridgehead atoms. The molecule has 3 aromatic carbocycles. The largest absolute Gasteiger partial charge is 0.497 e. The number of anilines is 1. The van der Waals surface area contributed by atoms with Crippen LogP contribution >= 0.6 is 0 Å². The number of carbonyl (C=O) groups excluding carboxylic acids is 1. The first-order valence-electron chi connectivity index (χ1n) is 8.86. The second kappa shape index (κ2) is 8.02. The Bertz CT molecular complexity index is 1010. The summed E-state index contributed by atoms with van der Waals surface area (Å²) in [7, 11) is 3.07. The summed E-state index contributed by atoms with van der Waals surface area (Å²) in [5.41, 5.74) is 1.07. The van der Waals surface area contributed by atoms with Crippen LogP contribution in [0.3, 0.4) is 0 Å². The van der Waals surface area contributed by atoms with E-state index in [9.17, 15) is 4.79 Å². The number of carbonyl (C=O) groups is 1. The van der Waals surface area contributed by atoms with Crippen molar-refractivity contribution >= 4 is 11.6 Å². The van der Waals surface area contributed by atoms with E-state index < -0.39 is 0 Å². The molecule has 1 N–H and O–H groups in total. The summed E-state index contributed by atoms with van der Waals surface area (Å²) in [5, 5.41) is 2.84. The second-order valence-corrected chi connectivity index (χ2v) is 6.20. The molecule has 7 heteroatoms. The van der Waals surface area contributed by atoms with Crippen molar-refractivity contribution in [2.75, 3.05) is 26.3 Å². The lowest BCUT2D eigenvalue weighted by molar-refractivity contribution is 0.102. The molecule has 0 atom stereocenters. The zero-order valence-electron chi connectivity index (χ0n) is 15.9. The Morgan fingerprint density at radius 1 is 0.793 bits per heavy atom. The van der Waals surface area contributed by atoms with Crippen LogP contribution in [0.15, 0.2) is 60.7 Å². The lowest BCUT2D eigenvalue weighted by Gasteiger charge is -2.10. The van der Waals surface area contributed by atoms with Gasteiger partial charge in [-0.25, -0.2) is 0 Å². The number of benzene rings is 3. The van der Waals surface area contributed by atoms with Crippen LogP contribution in [-0.4, -0.2) is 26.9 Å². The van der Waals surface area contributed by atoms with E-state index >= 15 is 0 Å². The number of hydrogen-bond donors (Lipinski definition) is 1. The summed E-state index contributed by atoms with van der Waals surface area (Å²) in [6.07, 6.45) is 0. The summed E-state index contributed by atoms with van der Waals surface area (Å²) in [4.78, 5) is 12.6. The molecule has 1 aliphatic heterocycles. The van der Waals surface area contributed by atoms with E-state index in [2.05, 4.69) is 5.32 Å². The smallest absolute Gasteiger partial charge is 0.255 e. The topological polar surface area (TPSA) is 75.3 Å². The van der Waals surface area contributed by atoms with Gasteiger partial charge in [0.1, 0.15) is 23.0 Å². The minimum absolute atomic E-state index is 0.215. The molecular formula is C22H19NO6. The third-order valence-corrected chi connectivity index (χ3v) is 4.31. The van der Waals surface area contributed by atoms with Crippen LogP contribution in [0.1, 0.15) is 10.4 Å². The van der Waals surface area contributed by atoms with Crippen LogP contribution in [0, 0.1) is 0 Å². The van der Waals surface area contributed by atoms with Gasteiger partial charge in [0, 0.05) is 23.4 Å². The van der Waals surface area contributed by atoms with Crippen LogP contribution in [-0.2, 0) is 0 Å². The third-order valence-electron chi connectivity index (χ3n) is 4.31. The van der Waals surface area contributed by atoms with Crippen molar-refractivity contribution in [1.82, 2.24) is 0 Å². The Kier molecular flexibility index (Phi) is 5.11. The van der Waals surface area contributed by atoms with Crippen LogP contribution in [0.4, 0.5) is 5.69 Å². The highest BCUT2D eigenvalue weighted by atomic mass is 16.7. The Labute approximate surface area is 167 Å². The van der Waals surface area contributed by atoms with E-state index in [-0.39, 0.29) is 12.7 Å². The number of methoxy groups -OCH3 is 2. The highest BCUT2D eigenvalue weighted by molar-refractivity contribution is 6.04. The number of hydrogen-bond acceptors (Lipinski definition) is 6. The molecule has 0 spiro atoms. The monoisotopic (exact) mass is 393 g/mol. The summed E-state index contributed by atoms with van der Waals surface area (Å²) >= 11 is 0. The molecule has 0 saturated carbocycles. The lowest BCUT2D eigenvalue weighted by Crippen LogP contribution is -2.12. The first kappa shape index (κ1) is 18.5. The maximum Gasteiger partial charge on any atom is 0.255 e. The van der Waals surface area contributed by atoms with Crippen LogP contribution in [0.2, 0.25) is 0 Å². The number of rotatable bonds is 6. The average Bonchev–Trinajstić information content (AvgIpc) is 3.22. The fraction of sp³-hybridized carbons (Fsp3) is 0.136. The van der Waals surface area contributed by atoms with E-state index in [1.807, 2.05) is 0 Å². The Balaban J connectivity index is 1.43. The number of amides is 1. The predicted molar refractivity (Wildman–Crippen MR) is 107 cm³/mol. The van der Waals surface area contributed by atoms with Crippen molar-refractivity contribution in [3.05, 3.63) is 66.2 Å². The zero-order chi connectivity index (χ0) is 20.2. The van der Waals surface area contributed by atoms with Crippen molar-refractivity contribution in [1.29, 1.82) is 0 Å². The first-order valence-corrected chi connectivity index (χ1v) is 8.86. The summed E-state index contributed by atoms with van der Waals surface area (Å²) < 4.78 is 26.9. The Morgan fingerprint density at radius 2 is 1.45 bits per heavy atom. The van der Waals surface area contributed by atoms with Gasteiger partial charge in [-0.15, -0.1) is 0 Å². The highest BCUT2D eigenvalue weighted by Gasteiger charge is 2.14. The molecular weight excluding hydrogens is 374 g/mol. The second-order valence-electron chi connectivity index (χ2n) is 6.20. The maximum absolute atomic E-state index is 12.6. The standard InChI is InChI=1S/C22H19NO6/c1-25-18-9-14(10-19(11-18)26-2)22(24)23-15-3-5-16(6-4-15)29-17-7-8-20-21(12-17)28-13-27-20/h3-12H,13H2,1-2H3,(H,23,24). The van der Waals surface area contributed by atoms with Gasteiger partial charge in [0.15, 0.2) is 11.5 Å². The molecule has 29 heavy (non-hydrogen) atoms. The number of fused-ring (bicyclic) bond motifs is 1. The SMILES string of the molecule is COc1cc(OC)cc(C(=O)Nc2ccc(Oc3ccc4c(c3)OCO4)cc2)c1. The fourth-order valence-electron chi connectivity index (χ4n) is 2.82. The van der Waals surface area contributed by atoms with Gasteiger partial charge in [-0.05, 0) is 48.5 Å². The lowest BCUT2D eigenvalue weighted by atomic mass is 10.1. The molecule has 0 unspecified atom stereocenters. The molecule has 0 saturated heterocycles. The molecule has 1 heterocycles. The van der Waals surface area contributed by atoms with E-state index in [4.69, 9.17) is 23.7 Å². The van der Waals surface area contributed by atoms with Crippen molar-refractivity contribution in [3.8, 4) is 34.5 Å². The molecule has 1 aliphatic rings. The predicted octanol–water partition coefficient (Wildman–Crippen LogP) is 4.48. The fourth-order valence-corrected chi connectivity index (χ4v) is 2.82. The molecule has 0 radical (unpaired) electrons. The van der Waals surface area contributed by atoms with Crippen molar-refractivity contribution in [3.63, 3.8) is 0 Å². The summed E-state index contributed by atoms with van der Waals surface area (Å²) in [6, 6.07) is 17.4. The highest BCUT2D eigenvalue weighted by Crippen LogP contribution is 2.36. The van der Waals surface area contributed by atoms with Gasteiger partial charge in [-0.3, -0.25) is 4.79 Å². The average molecular weight is 393 g/mol. The van der Waals surface area contributed by atoms with Gasteiger partial charge in [0.05, 0.1) is 14.2 Å². The van der Waals surface area contributed by atoms with Gasteiger partial charge < -0.3 is 29.0 Å². The van der Waals surface area contributed by atoms with Crippen molar-refractivity contribution < 1.29 is 28.5 Å².